The molecule has 0 saturated heterocycles. The summed E-state index contributed by atoms with van der Waals surface area (Å²) < 4.78 is 5.67. The van der Waals surface area contributed by atoms with E-state index in [-0.39, 0.29) is 0 Å². The molecule has 4 N–H and O–H groups in total. The van der Waals surface area contributed by atoms with Crippen molar-refractivity contribution < 1.29 is 9.53 Å². The number of benzene rings is 2. The van der Waals surface area contributed by atoms with Gasteiger partial charge in [0.1, 0.15) is 11.5 Å². The molecule has 0 fully saturated rings. The molecular weight excluding hydrogens is 240 g/mol. The first-order valence-corrected chi connectivity index (χ1v) is 6.06. The van der Waals surface area contributed by atoms with Crippen LogP contribution in [0.1, 0.15) is 22.8 Å². The van der Waals surface area contributed by atoms with Gasteiger partial charge >= 0.3 is 0 Å². The fraction of sp³-hybridized carbons (Fsp3) is 0.133. The van der Waals surface area contributed by atoms with E-state index in [1.165, 1.54) is 5.56 Å². The maximum atomic E-state index is 11.3. The number of carbonyl (C=O) groups excluding carboxylic acids is 1. The zero-order valence-corrected chi connectivity index (χ0v) is 10.7. The molecule has 0 aliphatic heterocycles. The molecule has 0 heterocycles. The molecule has 0 radical (unpaired) electrons. The molecular formula is C15H16N2O2. The summed E-state index contributed by atoms with van der Waals surface area (Å²) >= 11 is 0. The van der Waals surface area contributed by atoms with E-state index in [9.17, 15) is 4.79 Å². The van der Waals surface area contributed by atoms with Gasteiger partial charge in [0.25, 0.3) is 5.91 Å². The lowest BCUT2D eigenvalue weighted by Crippen LogP contribution is -2.12. The Labute approximate surface area is 112 Å². The third-order valence-corrected chi connectivity index (χ3v) is 2.83. The van der Waals surface area contributed by atoms with Crippen molar-refractivity contribution in [1.82, 2.24) is 0 Å². The molecule has 2 aromatic rings. The zero-order chi connectivity index (χ0) is 13.8. The molecule has 98 valence electrons. The van der Waals surface area contributed by atoms with Crippen molar-refractivity contribution in [2.75, 3.05) is 5.73 Å². The Kier molecular flexibility index (Phi) is 3.71. The molecule has 0 spiro atoms. The highest BCUT2D eigenvalue weighted by Crippen LogP contribution is 2.27. The number of primary amides is 1. The Balaban J connectivity index is 2.31. The smallest absolute Gasteiger partial charge is 0.252 e. The number of hydrogen-bond donors (Lipinski definition) is 2. The van der Waals surface area contributed by atoms with Gasteiger partial charge in [0.2, 0.25) is 0 Å². The lowest BCUT2D eigenvalue weighted by atomic mass is 10.1. The molecule has 0 atom stereocenters. The highest BCUT2D eigenvalue weighted by atomic mass is 16.5. The largest absolute Gasteiger partial charge is 0.456 e. The van der Waals surface area contributed by atoms with Gasteiger partial charge in [-0.05, 0) is 36.2 Å². The summed E-state index contributed by atoms with van der Waals surface area (Å²) in [4.78, 5) is 11.3. The van der Waals surface area contributed by atoms with Gasteiger partial charge in [-0.2, -0.15) is 0 Å². The molecule has 1 amide bonds. The predicted molar refractivity (Wildman–Crippen MR) is 75.3 cm³/mol. The Hall–Kier alpha value is -2.49. The maximum absolute atomic E-state index is 11.3. The van der Waals surface area contributed by atoms with Crippen LogP contribution in [0.25, 0.3) is 0 Å². The minimum Gasteiger partial charge on any atom is -0.456 e. The van der Waals surface area contributed by atoms with Crippen LogP contribution >= 0.6 is 0 Å². The summed E-state index contributed by atoms with van der Waals surface area (Å²) in [5.74, 6) is 0.474. The first kappa shape index (κ1) is 13.0. The average molecular weight is 256 g/mol. The Bertz CT molecular complexity index is 592. The molecule has 2 aromatic carbocycles. The quantitative estimate of drug-likeness (QED) is 0.825. The number of rotatable bonds is 4. The van der Waals surface area contributed by atoms with Crippen LogP contribution in [-0.2, 0) is 6.42 Å². The standard InChI is InChI=1S/C15H16N2O2/c1-2-10-3-6-12(7-4-10)19-14-9-11(16)5-8-13(14)15(17)18/h3-9H,2,16H2,1H3,(H2,17,18). The molecule has 0 aliphatic rings. The fourth-order valence-electron chi connectivity index (χ4n) is 1.75. The summed E-state index contributed by atoms with van der Waals surface area (Å²) in [5.41, 5.74) is 13.0. The molecule has 4 nitrogen and oxygen atoms in total. The van der Waals surface area contributed by atoms with Gasteiger partial charge in [-0.1, -0.05) is 19.1 Å². The van der Waals surface area contributed by atoms with E-state index in [0.29, 0.717) is 22.7 Å². The van der Waals surface area contributed by atoms with Crippen LogP contribution in [-0.4, -0.2) is 5.91 Å². The molecule has 4 heteroatoms. The minimum absolute atomic E-state index is 0.314. The van der Waals surface area contributed by atoms with Gasteiger partial charge in [-0.3, -0.25) is 4.79 Å². The van der Waals surface area contributed by atoms with Crippen LogP contribution in [0.5, 0.6) is 11.5 Å². The second-order valence-corrected chi connectivity index (χ2v) is 4.22. The lowest BCUT2D eigenvalue weighted by molar-refractivity contribution is 0.0998. The molecule has 0 aromatic heterocycles. The van der Waals surface area contributed by atoms with E-state index >= 15 is 0 Å². The van der Waals surface area contributed by atoms with Crippen LogP contribution < -0.4 is 16.2 Å². The van der Waals surface area contributed by atoms with Crippen molar-refractivity contribution in [3.05, 3.63) is 53.6 Å². The first-order chi connectivity index (χ1) is 9.10. The molecule has 19 heavy (non-hydrogen) atoms. The lowest BCUT2D eigenvalue weighted by Gasteiger charge is -2.10. The Morgan fingerprint density at radius 3 is 2.42 bits per heavy atom. The van der Waals surface area contributed by atoms with E-state index < -0.39 is 5.91 Å². The van der Waals surface area contributed by atoms with E-state index in [4.69, 9.17) is 16.2 Å². The number of nitrogen functional groups attached to an aromatic ring is 1. The second-order valence-electron chi connectivity index (χ2n) is 4.22. The SMILES string of the molecule is CCc1ccc(Oc2cc(N)ccc2C(N)=O)cc1. The normalized spacial score (nSPS) is 10.2. The summed E-state index contributed by atoms with van der Waals surface area (Å²) in [6.07, 6.45) is 0.963. The van der Waals surface area contributed by atoms with Gasteiger partial charge in [0.15, 0.2) is 0 Å². The topological polar surface area (TPSA) is 78.3 Å². The number of aryl methyl sites for hydroxylation is 1. The average Bonchev–Trinajstić information content (AvgIpc) is 2.39. The molecule has 2 rings (SSSR count). The van der Waals surface area contributed by atoms with Crippen molar-refractivity contribution in [2.45, 2.75) is 13.3 Å². The van der Waals surface area contributed by atoms with Crippen LogP contribution in [0, 0.1) is 0 Å². The number of carbonyl (C=O) groups is 1. The highest BCUT2D eigenvalue weighted by molar-refractivity contribution is 5.96. The van der Waals surface area contributed by atoms with E-state index in [0.717, 1.165) is 6.42 Å². The summed E-state index contributed by atoms with van der Waals surface area (Å²) in [6.45, 7) is 2.08. The van der Waals surface area contributed by atoms with Gasteiger partial charge in [-0.25, -0.2) is 0 Å². The van der Waals surface area contributed by atoms with E-state index in [1.54, 1.807) is 18.2 Å². The number of ether oxygens (including phenoxy) is 1. The van der Waals surface area contributed by atoms with E-state index in [2.05, 4.69) is 6.92 Å². The summed E-state index contributed by atoms with van der Waals surface area (Å²) in [7, 11) is 0. The molecule has 0 unspecified atom stereocenters. The van der Waals surface area contributed by atoms with Gasteiger partial charge in [-0.15, -0.1) is 0 Å². The Morgan fingerprint density at radius 2 is 1.84 bits per heavy atom. The van der Waals surface area contributed by atoms with Gasteiger partial charge in [0.05, 0.1) is 5.56 Å². The van der Waals surface area contributed by atoms with Crippen molar-refractivity contribution >= 4 is 11.6 Å². The summed E-state index contributed by atoms with van der Waals surface area (Å²) in [6, 6.07) is 12.4. The Morgan fingerprint density at radius 1 is 1.16 bits per heavy atom. The van der Waals surface area contributed by atoms with Crippen molar-refractivity contribution in [1.29, 1.82) is 0 Å². The maximum Gasteiger partial charge on any atom is 0.252 e. The van der Waals surface area contributed by atoms with Crippen LogP contribution in [0.15, 0.2) is 42.5 Å². The predicted octanol–water partition coefficient (Wildman–Crippen LogP) is 2.72. The van der Waals surface area contributed by atoms with Crippen LogP contribution in [0.3, 0.4) is 0 Å². The number of amides is 1. The summed E-state index contributed by atoms with van der Waals surface area (Å²) in [5, 5.41) is 0. The third kappa shape index (κ3) is 3.04. The van der Waals surface area contributed by atoms with Crippen LogP contribution in [0.2, 0.25) is 0 Å². The zero-order valence-electron chi connectivity index (χ0n) is 10.7. The third-order valence-electron chi connectivity index (χ3n) is 2.83. The fourth-order valence-corrected chi connectivity index (χ4v) is 1.75. The van der Waals surface area contributed by atoms with Crippen LogP contribution in [0.4, 0.5) is 5.69 Å². The number of hydrogen-bond acceptors (Lipinski definition) is 3. The molecule has 0 bridgehead atoms. The molecule has 0 saturated carbocycles. The van der Waals surface area contributed by atoms with Crippen molar-refractivity contribution in [3.63, 3.8) is 0 Å². The second kappa shape index (κ2) is 5.44. The van der Waals surface area contributed by atoms with Crippen molar-refractivity contribution in [2.24, 2.45) is 5.73 Å². The monoisotopic (exact) mass is 256 g/mol. The number of nitrogens with two attached hydrogens (primary N) is 2. The van der Waals surface area contributed by atoms with Crippen molar-refractivity contribution in [3.8, 4) is 11.5 Å². The minimum atomic E-state index is -0.542. The first-order valence-electron chi connectivity index (χ1n) is 6.06. The number of anilines is 1. The molecule has 0 aliphatic carbocycles. The van der Waals surface area contributed by atoms with Gasteiger partial charge in [0, 0.05) is 11.8 Å². The van der Waals surface area contributed by atoms with E-state index in [1.807, 2.05) is 24.3 Å². The van der Waals surface area contributed by atoms with Gasteiger partial charge < -0.3 is 16.2 Å². The highest BCUT2D eigenvalue weighted by Gasteiger charge is 2.10.